The van der Waals surface area contributed by atoms with Crippen LogP contribution in [0, 0.1) is 0 Å². The summed E-state index contributed by atoms with van der Waals surface area (Å²) in [5.41, 5.74) is 0.747. The van der Waals surface area contributed by atoms with Crippen molar-refractivity contribution in [3.05, 3.63) is 65.4 Å². The molecule has 0 bridgehead atoms. The van der Waals surface area contributed by atoms with Gasteiger partial charge < -0.3 is 4.74 Å². The molecule has 0 radical (unpaired) electrons. The van der Waals surface area contributed by atoms with Gasteiger partial charge in [-0.25, -0.2) is 9.69 Å². The van der Waals surface area contributed by atoms with Crippen LogP contribution in [0.4, 0.5) is 29.3 Å². The molecule has 2 aliphatic heterocycles. The van der Waals surface area contributed by atoms with Crippen LogP contribution >= 0.6 is 11.6 Å². The summed E-state index contributed by atoms with van der Waals surface area (Å²) in [6.45, 7) is 0. The Balaban J connectivity index is 2.00. The van der Waals surface area contributed by atoms with Crippen molar-refractivity contribution in [2.24, 2.45) is 0 Å². The van der Waals surface area contributed by atoms with Crippen LogP contribution in [0.1, 0.15) is 11.6 Å². The Labute approximate surface area is 145 Å². The number of hydrogen-bond donors (Lipinski definition) is 0. The Morgan fingerprint density at radius 2 is 1.76 bits per heavy atom. The van der Waals surface area contributed by atoms with Crippen molar-refractivity contribution in [2.75, 3.05) is 4.90 Å². The van der Waals surface area contributed by atoms with E-state index in [0.29, 0.717) is 5.69 Å². The first kappa shape index (κ1) is 15.8. The molecule has 2 heterocycles. The quantitative estimate of drug-likeness (QED) is 0.635. The highest BCUT2D eigenvalue weighted by atomic mass is 35.5. The minimum absolute atomic E-state index is 0.124. The highest BCUT2D eigenvalue weighted by molar-refractivity contribution is 6.34. The number of nitrogens with zero attached hydrogens (tertiary/aromatic N) is 2. The van der Waals surface area contributed by atoms with E-state index in [-0.39, 0.29) is 26.9 Å². The summed E-state index contributed by atoms with van der Waals surface area (Å²) < 4.78 is 46.3. The summed E-state index contributed by atoms with van der Waals surface area (Å²) in [4.78, 5) is 13.6. The minimum Gasteiger partial charge on any atom is -0.465 e. The van der Waals surface area contributed by atoms with Crippen LogP contribution in [-0.2, 0) is 0 Å². The number of anilines is 2. The van der Waals surface area contributed by atoms with Gasteiger partial charge in [0.1, 0.15) is 5.75 Å². The summed E-state index contributed by atoms with van der Waals surface area (Å²) >= 11 is 6.14. The number of carbonyl (C=O) groups is 1. The lowest BCUT2D eigenvalue weighted by atomic mass is 9.97. The lowest BCUT2D eigenvalue weighted by Gasteiger charge is -2.43. The van der Waals surface area contributed by atoms with Crippen LogP contribution in [-0.4, -0.2) is 17.2 Å². The molecule has 2 aromatic rings. The number of ether oxygens (including phenoxy) is 1. The minimum atomic E-state index is -4.87. The van der Waals surface area contributed by atoms with Crippen molar-refractivity contribution in [2.45, 2.75) is 12.3 Å². The fraction of sp³-hybridized carbons (Fsp3) is 0.118. The molecule has 0 saturated heterocycles. The number of para-hydroxylation sites is 1. The van der Waals surface area contributed by atoms with Gasteiger partial charge in [0.2, 0.25) is 0 Å². The number of rotatable bonds is 1. The van der Waals surface area contributed by atoms with Crippen LogP contribution in [0.15, 0.2) is 54.8 Å². The molecule has 0 aliphatic carbocycles. The van der Waals surface area contributed by atoms with Crippen molar-refractivity contribution < 1.29 is 22.7 Å². The molecule has 0 spiro atoms. The van der Waals surface area contributed by atoms with Crippen LogP contribution in [0.5, 0.6) is 5.75 Å². The molecular formula is C17H10ClF3N2O2. The van der Waals surface area contributed by atoms with Gasteiger partial charge in [-0.1, -0.05) is 29.8 Å². The third-order valence-electron chi connectivity index (χ3n) is 4.08. The molecule has 4 nitrogen and oxygen atoms in total. The third kappa shape index (κ3) is 2.34. The molecule has 0 unspecified atom stereocenters. The van der Waals surface area contributed by atoms with Crippen LogP contribution in [0.2, 0.25) is 5.02 Å². The second-order valence-electron chi connectivity index (χ2n) is 5.49. The van der Waals surface area contributed by atoms with Crippen molar-refractivity contribution in [3.8, 4) is 5.75 Å². The fourth-order valence-corrected chi connectivity index (χ4v) is 3.31. The zero-order chi connectivity index (χ0) is 17.8. The van der Waals surface area contributed by atoms with E-state index in [0.717, 1.165) is 11.2 Å². The van der Waals surface area contributed by atoms with Gasteiger partial charge in [0, 0.05) is 5.56 Å². The summed E-state index contributed by atoms with van der Waals surface area (Å²) in [7, 11) is 0. The van der Waals surface area contributed by atoms with E-state index in [1.165, 1.54) is 18.2 Å². The number of carbonyl (C=O) groups excluding carboxylic acids is 1. The van der Waals surface area contributed by atoms with Crippen molar-refractivity contribution >= 4 is 29.0 Å². The summed E-state index contributed by atoms with van der Waals surface area (Å²) in [5.74, 6) is 0.267. The molecule has 0 N–H and O–H groups in total. The Kier molecular flexibility index (Phi) is 3.43. The normalized spacial score (nSPS) is 18.9. The topological polar surface area (TPSA) is 32.8 Å². The van der Waals surface area contributed by atoms with Gasteiger partial charge in [-0.05, 0) is 30.3 Å². The van der Waals surface area contributed by atoms with E-state index >= 15 is 0 Å². The highest BCUT2D eigenvalue weighted by Gasteiger charge is 2.52. The molecule has 128 valence electrons. The molecular weight excluding hydrogens is 357 g/mol. The fourth-order valence-electron chi connectivity index (χ4n) is 3.09. The van der Waals surface area contributed by atoms with Crippen molar-refractivity contribution in [3.63, 3.8) is 0 Å². The number of amides is 2. The van der Waals surface area contributed by atoms with E-state index < -0.39 is 18.4 Å². The number of halogens is 4. The molecule has 2 amide bonds. The molecule has 0 aromatic heterocycles. The standard InChI is InChI=1S/C17H10ClF3N2O2/c18-10-4-1-2-5-11(10)22-12-6-3-7-14-15(12)13(8-9-25-14)23(16(22)24)17(19,20)21/h1-9,13H/t13-/m0/s1. The molecule has 2 aliphatic rings. The second kappa shape index (κ2) is 5.42. The summed E-state index contributed by atoms with van der Waals surface area (Å²) in [6, 6.07) is 8.49. The number of benzene rings is 2. The molecule has 8 heteroatoms. The molecule has 0 fully saturated rings. The number of alkyl halides is 3. The molecule has 25 heavy (non-hydrogen) atoms. The van der Waals surface area contributed by atoms with Crippen LogP contribution in [0.3, 0.4) is 0 Å². The Morgan fingerprint density at radius 1 is 1.04 bits per heavy atom. The van der Waals surface area contributed by atoms with Crippen LogP contribution in [0.25, 0.3) is 0 Å². The van der Waals surface area contributed by atoms with Gasteiger partial charge in [0.15, 0.2) is 0 Å². The third-order valence-corrected chi connectivity index (χ3v) is 4.40. The van der Waals surface area contributed by atoms with Gasteiger partial charge in [-0.15, -0.1) is 13.2 Å². The summed E-state index contributed by atoms with van der Waals surface area (Å²) in [5, 5.41) is 0.168. The van der Waals surface area contributed by atoms with Gasteiger partial charge in [-0.2, -0.15) is 0 Å². The predicted octanol–water partition coefficient (Wildman–Crippen LogP) is 5.38. The number of hydrogen-bond acceptors (Lipinski definition) is 2. The maximum Gasteiger partial charge on any atom is 0.489 e. The van der Waals surface area contributed by atoms with E-state index in [9.17, 15) is 18.0 Å². The first-order chi connectivity index (χ1) is 11.9. The van der Waals surface area contributed by atoms with Gasteiger partial charge in [0.25, 0.3) is 0 Å². The Bertz CT molecular complexity index is 898. The van der Waals surface area contributed by atoms with E-state index in [1.807, 2.05) is 0 Å². The van der Waals surface area contributed by atoms with E-state index in [1.54, 1.807) is 30.3 Å². The van der Waals surface area contributed by atoms with Crippen molar-refractivity contribution in [1.82, 2.24) is 4.90 Å². The van der Waals surface area contributed by atoms with Gasteiger partial charge in [0.05, 0.1) is 28.7 Å². The predicted molar refractivity (Wildman–Crippen MR) is 85.8 cm³/mol. The van der Waals surface area contributed by atoms with Gasteiger partial charge >= 0.3 is 12.3 Å². The Hall–Kier alpha value is -2.67. The summed E-state index contributed by atoms with van der Waals surface area (Å²) in [6.07, 6.45) is -2.50. The first-order valence-corrected chi connectivity index (χ1v) is 7.68. The zero-order valence-corrected chi connectivity index (χ0v) is 13.3. The number of urea groups is 1. The molecule has 4 rings (SSSR count). The monoisotopic (exact) mass is 366 g/mol. The van der Waals surface area contributed by atoms with Crippen LogP contribution < -0.4 is 9.64 Å². The average Bonchev–Trinajstić information content (AvgIpc) is 2.55. The van der Waals surface area contributed by atoms with Gasteiger partial charge in [-0.3, -0.25) is 4.90 Å². The Morgan fingerprint density at radius 3 is 2.48 bits per heavy atom. The average molecular weight is 367 g/mol. The van der Waals surface area contributed by atoms with E-state index in [4.69, 9.17) is 16.3 Å². The largest absolute Gasteiger partial charge is 0.489 e. The van der Waals surface area contributed by atoms with E-state index in [2.05, 4.69) is 0 Å². The lowest BCUT2D eigenvalue weighted by Crippen LogP contribution is -2.53. The molecule has 2 aromatic carbocycles. The maximum atomic E-state index is 13.6. The maximum absolute atomic E-state index is 13.6. The van der Waals surface area contributed by atoms with Crippen molar-refractivity contribution in [1.29, 1.82) is 0 Å². The lowest BCUT2D eigenvalue weighted by molar-refractivity contribution is -0.232. The highest BCUT2D eigenvalue weighted by Crippen LogP contribution is 2.51. The molecule has 0 saturated carbocycles. The smallest absolute Gasteiger partial charge is 0.465 e. The second-order valence-corrected chi connectivity index (χ2v) is 5.89. The zero-order valence-electron chi connectivity index (χ0n) is 12.5. The SMILES string of the molecule is O=C1N(c2ccccc2Cl)c2cccc3c2[C@H](C=CO3)N1C(F)(F)F. The first-order valence-electron chi connectivity index (χ1n) is 7.30. The molecule has 1 atom stereocenters.